The second-order valence-corrected chi connectivity index (χ2v) is 14.9. The molecule has 1 aliphatic heterocycles. The van der Waals surface area contributed by atoms with E-state index in [4.69, 9.17) is 13.9 Å². The topological polar surface area (TPSA) is 68.2 Å². The number of amides is 1. The first kappa shape index (κ1) is 24.9. The number of benzene rings is 1. The highest BCUT2D eigenvalue weighted by atomic mass is 28.4. The van der Waals surface area contributed by atoms with Crippen molar-refractivity contribution in [2.75, 3.05) is 13.2 Å². The van der Waals surface area contributed by atoms with Gasteiger partial charge in [-0.1, -0.05) is 51.1 Å². The van der Waals surface area contributed by atoms with Gasteiger partial charge in [-0.05, 0) is 50.4 Å². The maximum absolute atomic E-state index is 11.8. The zero-order chi connectivity index (χ0) is 22.6. The van der Waals surface area contributed by atoms with E-state index in [2.05, 4.69) is 33.9 Å². The molecule has 7 heteroatoms. The van der Waals surface area contributed by atoms with E-state index in [-0.39, 0.29) is 17.2 Å². The van der Waals surface area contributed by atoms with Gasteiger partial charge in [-0.3, -0.25) is 4.90 Å². The Kier molecular flexibility index (Phi) is 8.13. The van der Waals surface area contributed by atoms with Crippen molar-refractivity contribution in [3.63, 3.8) is 0 Å². The van der Waals surface area contributed by atoms with Crippen LogP contribution >= 0.6 is 0 Å². The van der Waals surface area contributed by atoms with Crippen molar-refractivity contribution in [2.24, 2.45) is 0 Å². The lowest BCUT2D eigenvalue weighted by molar-refractivity contribution is -0.0426. The Balaban J connectivity index is 2.02. The Morgan fingerprint density at radius 1 is 1.30 bits per heavy atom. The number of carboxylic acid groups (broad SMARTS) is 1. The van der Waals surface area contributed by atoms with Crippen LogP contribution in [0, 0.1) is 0 Å². The average molecular weight is 438 g/mol. The Bertz CT molecular complexity index is 687. The van der Waals surface area contributed by atoms with Crippen LogP contribution in [0.25, 0.3) is 0 Å². The van der Waals surface area contributed by atoms with Gasteiger partial charge in [-0.15, -0.1) is 0 Å². The molecule has 170 valence electrons. The summed E-state index contributed by atoms with van der Waals surface area (Å²) in [5, 5.41) is 9.74. The summed E-state index contributed by atoms with van der Waals surface area (Å²) in [6.07, 6.45) is 0.400. The molecule has 0 bridgehead atoms. The number of rotatable bonds is 9. The third kappa shape index (κ3) is 6.54. The summed E-state index contributed by atoms with van der Waals surface area (Å²) < 4.78 is 18.4. The van der Waals surface area contributed by atoms with E-state index in [0.717, 1.165) is 12.0 Å². The number of hydrogen-bond acceptors (Lipinski definition) is 4. The first-order chi connectivity index (χ1) is 13.8. The molecule has 1 unspecified atom stereocenters. The number of nitrogens with zero attached hydrogens (tertiary/aromatic N) is 1. The van der Waals surface area contributed by atoms with E-state index in [1.54, 1.807) is 13.8 Å². The van der Waals surface area contributed by atoms with Crippen LogP contribution in [-0.4, -0.2) is 55.5 Å². The van der Waals surface area contributed by atoms with E-state index in [0.29, 0.717) is 26.2 Å². The predicted octanol–water partition coefficient (Wildman–Crippen LogP) is 5.49. The summed E-state index contributed by atoms with van der Waals surface area (Å²) in [6, 6.07) is 9.93. The largest absolute Gasteiger partial charge is 0.465 e. The molecular weight excluding hydrogens is 398 g/mol. The van der Waals surface area contributed by atoms with Crippen LogP contribution in [0.1, 0.15) is 53.0 Å². The third-order valence-electron chi connectivity index (χ3n) is 6.28. The van der Waals surface area contributed by atoms with Gasteiger partial charge in [-0.2, -0.15) is 0 Å². The first-order valence-corrected chi connectivity index (χ1v) is 13.7. The molecule has 1 saturated heterocycles. The van der Waals surface area contributed by atoms with Crippen molar-refractivity contribution in [3.05, 3.63) is 35.9 Å². The fraction of sp³-hybridized carbons (Fsp3) is 0.696. The Morgan fingerprint density at radius 3 is 2.50 bits per heavy atom. The van der Waals surface area contributed by atoms with Crippen molar-refractivity contribution < 1.29 is 23.8 Å². The molecule has 0 radical (unpaired) electrons. The molecule has 1 aromatic rings. The summed E-state index contributed by atoms with van der Waals surface area (Å²) >= 11 is 0. The van der Waals surface area contributed by atoms with Crippen molar-refractivity contribution in [1.29, 1.82) is 0 Å². The standard InChI is InChI=1S/C23H39NO5Si/c1-22(2,3)30(6,7)29-20(17-27-15-18-11-9-8-10-12-18)14-13-19-16-28-23(4,5)24(19)21(25)26/h8-12,19-20H,13-17H2,1-7H3,(H,25,26)/t19?,20-/m0/s1. The molecule has 0 aliphatic carbocycles. The lowest BCUT2D eigenvalue weighted by Crippen LogP contribution is -2.48. The zero-order valence-electron chi connectivity index (χ0n) is 19.6. The molecule has 6 nitrogen and oxygen atoms in total. The van der Waals surface area contributed by atoms with Gasteiger partial charge >= 0.3 is 6.09 Å². The van der Waals surface area contributed by atoms with E-state index in [1.807, 2.05) is 30.3 Å². The molecule has 1 aliphatic rings. The Hall–Kier alpha value is -1.41. The molecule has 1 amide bonds. The summed E-state index contributed by atoms with van der Waals surface area (Å²) in [5.41, 5.74) is 0.336. The van der Waals surface area contributed by atoms with Crippen molar-refractivity contribution >= 4 is 14.4 Å². The van der Waals surface area contributed by atoms with Gasteiger partial charge in [0.05, 0.1) is 32.0 Å². The van der Waals surface area contributed by atoms with Crippen LogP contribution in [0.5, 0.6) is 0 Å². The van der Waals surface area contributed by atoms with Gasteiger partial charge in [0.15, 0.2) is 8.32 Å². The predicted molar refractivity (Wildman–Crippen MR) is 121 cm³/mol. The van der Waals surface area contributed by atoms with E-state index in [1.165, 1.54) is 4.90 Å². The molecule has 30 heavy (non-hydrogen) atoms. The molecule has 0 saturated carbocycles. The molecular formula is C23H39NO5Si. The summed E-state index contributed by atoms with van der Waals surface area (Å²) in [6.45, 7) is 16.2. The smallest absolute Gasteiger partial charge is 0.409 e. The molecule has 1 aromatic carbocycles. The van der Waals surface area contributed by atoms with Crippen LogP contribution in [0.2, 0.25) is 18.1 Å². The highest BCUT2D eigenvalue weighted by Gasteiger charge is 2.44. The molecule has 2 atom stereocenters. The van der Waals surface area contributed by atoms with Crippen LogP contribution < -0.4 is 0 Å². The fourth-order valence-electron chi connectivity index (χ4n) is 3.51. The Morgan fingerprint density at radius 2 is 1.93 bits per heavy atom. The van der Waals surface area contributed by atoms with Crippen molar-refractivity contribution in [1.82, 2.24) is 4.90 Å². The minimum absolute atomic E-state index is 0.0750. The quantitative estimate of drug-likeness (QED) is 0.518. The SMILES string of the molecule is CC1(C)OCC(CC[C@@H](COCc2ccccc2)O[Si](C)(C)C(C)(C)C)N1C(=O)O. The molecule has 0 spiro atoms. The van der Waals surface area contributed by atoms with Crippen LogP contribution in [0.3, 0.4) is 0 Å². The van der Waals surface area contributed by atoms with Gasteiger partial charge in [0.1, 0.15) is 5.72 Å². The molecule has 1 fully saturated rings. The highest BCUT2D eigenvalue weighted by molar-refractivity contribution is 6.74. The maximum atomic E-state index is 11.8. The summed E-state index contributed by atoms with van der Waals surface area (Å²) in [5.74, 6) is 0. The Labute approximate surface area is 182 Å². The second kappa shape index (κ2) is 9.81. The minimum Gasteiger partial charge on any atom is -0.465 e. The molecule has 2 rings (SSSR count). The molecule has 0 aromatic heterocycles. The lowest BCUT2D eigenvalue weighted by atomic mass is 10.1. The molecule has 1 N–H and O–H groups in total. The van der Waals surface area contributed by atoms with Crippen molar-refractivity contribution in [3.8, 4) is 0 Å². The van der Waals surface area contributed by atoms with Gasteiger partial charge in [-0.25, -0.2) is 4.79 Å². The monoisotopic (exact) mass is 437 g/mol. The minimum atomic E-state index is -1.98. The van der Waals surface area contributed by atoms with Crippen LogP contribution in [-0.2, 0) is 20.5 Å². The summed E-state index contributed by atoms with van der Waals surface area (Å²) in [4.78, 5) is 13.2. The first-order valence-electron chi connectivity index (χ1n) is 10.8. The van der Waals surface area contributed by atoms with Crippen LogP contribution in [0.15, 0.2) is 30.3 Å². The number of hydrogen-bond donors (Lipinski definition) is 1. The lowest BCUT2D eigenvalue weighted by Gasteiger charge is -2.39. The van der Waals surface area contributed by atoms with Gasteiger partial charge < -0.3 is 19.0 Å². The number of carbonyl (C=O) groups is 1. The zero-order valence-corrected chi connectivity index (χ0v) is 20.6. The van der Waals surface area contributed by atoms with Crippen molar-refractivity contribution in [2.45, 2.75) is 90.1 Å². The summed E-state index contributed by atoms with van der Waals surface area (Å²) in [7, 11) is -1.98. The highest BCUT2D eigenvalue weighted by Crippen LogP contribution is 2.38. The van der Waals surface area contributed by atoms with E-state index >= 15 is 0 Å². The van der Waals surface area contributed by atoms with Gasteiger partial charge in [0.25, 0.3) is 0 Å². The third-order valence-corrected chi connectivity index (χ3v) is 10.8. The van der Waals surface area contributed by atoms with Gasteiger partial charge in [0, 0.05) is 0 Å². The van der Waals surface area contributed by atoms with Gasteiger partial charge in [0.2, 0.25) is 0 Å². The second-order valence-electron chi connectivity index (χ2n) is 10.1. The van der Waals surface area contributed by atoms with Crippen LogP contribution in [0.4, 0.5) is 4.79 Å². The molecule has 1 heterocycles. The normalized spacial score (nSPS) is 20.4. The maximum Gasteiger partial charge on any atom is 0.409 e. The number of ether oxygens (including phenoxy) is 2. The fourth-order valence-corrected chi connectivity index (χ4v) is 4.89. The van der Waals surface area contributed by atoms with E-state index < -0.39 is 20.1 Å². The average Bonchev–Trinajstić information content (AvgIpc) is 2.93. The van der Waals surface area contributed by atoms with E-state index in [9.17, 15) is 9.90 Å².